The summed E-state index contributed by atoms with van der Waals surface area (Å²) in [5.74, 6) is 2.42. The molecule has 0 amide bonds. The summed E-state index contributed by atoms with van der Waals surface area (Å²) in [7, 11) is 0. The minimum Gasteiger partial charge on any atom is -0.368 e. The van der Waals surface area contributed by atoms with Crippen molar-refractivity contribution in [2.75, 3.05) is 18.4 Å². The number of fused-ring (bicyclic) bond motifs is 3. The quantitative estimate of drug-likeness (QED) is 0.763. The first kappa shape index (κ1) is 15.5. The van der Waals surface area contributed by atoms with Gasteiger partial charge in [-0.3, -0.25) is 4.98 Å². The lowest BCUT2D eigenvalue weighted by molar-refractivity contribution is 0.509. The second kappa shape index (κ2) is 6.45. The van der Waals surface area contributed by atoms with Crippen LogP contribution in [0.2, 0.25) is 0 Å². The van der Waals surface area contributed by atoms with Crippen LogP contribution < -0.4 is 11.1 Å². The molecule has 0 aromatic carbocycles. The largest absolute Gasteiger partial charge is 0.368 e. The summed E-state index contributed by atoms with van der Waals surface area (Å²) in [5, 5.41) is 4.61. The number of anilines is 1. The molecule has 0 bridgehead atoms. The second-order valence-corrected chi connectivity index (χ2v) is 7.46. The third-order valence-corrected chi connectivity index (χ3v) is 5.68. The average Bonchev–Trinajstić information content (AvgIpc) is 2.97. The Bertz CT molecular complexity index is 859. The number of hydrogen-bond acceptors (Lipinski definition) is 6. The molecule has 3 aromatic heterocycles. The summed E-state index contributed by atoms with van der Waals surface area (Å²) in [5.41, 5.74) is 8.12. The summed E-state index contributed by atoms with van der Waals surface area (Å²) in [6.07, 6.45) is 7.05. The number of rotatable bonds is 4. The molecular weight excluding hydrogens is 318 g/mol. The molecule has 0 spiro atoms. The summed E-state index contributed by atoms with van der Waals surface area (Å²) in [4.78, 5) is 16.3. The van der Waals surface area contributed by atoms with Crippen molar-refractivity contribution in [2.24, 2.45) is 11.7 Å². The number of nitrogens with two attached hydrogens (primary N) is 1. The Labute approximate surface area is 145 Å². The van der Waals surface area contributed by atoms with Crippen molar-refractivity contribution in [1.29, 1.82) is 0 Å². The predicted octanol–water partition coefficient (Wildman–Crippen LogP) is 3.25. The number of nitrogens with zero attached hydrogens (tertiary/aromatic N) is 3. The highest BCUT2D eigenvalue weighted by atomic mass is 32.1. The smallest absolute Gasteiger partial charge is 0.163 e. The zero-order chi connectivity index (χ0) is 16.5. The predicted molar refractivity (Wildman–Crippen MR) is 99.4 cm³/mol. The Morgan fingerprint density at radius 2 is 2.12 bits per heavy atom. The van der Waals surface area contributed by atoms with Crippen molar-refractivity contribution in [1.82, 2.24) is 15.0 Å². The van der Waals surface area contributed by atoms with Crippen LogP contribution in [0.3, 0.4) is 0 Å². The lowest BCUT2D eigenvalue weighted by Gasteiger charge is -2.18. The summed E-state index contributed by atoms with van der Waals surface area (Å²) < 4.78 is 0. The first-order valence-electron chi connectivity index (χ1n) is 8.43. The molecule has 4 rings (SSSR count). The van der Waals surface area contributed by atoms with E-state index < -0.39 is 0 Å². The van der Waals surface area contributed by atoms with Gasteiger partial charge in [0.1, 0.15) is 10.6 Å². The molecule has 0 fully saturated rings. The molecule has 0 radical (unpaired) electrons. The summed E-state index contributed by atoms with van der Waals surface area (Å²) in [6.45, 7) is 3.62. The van der Waals surface area contributed by atoms with E-state index in [0.29, 0.717) is 13.1 Å². The number of aromatic nitrogens is 3. The van der Waals surface area contributed by atoms with Gasteiger partial charge in [0, 0.05) is 35.9 Å². The van der Waals surface area contributed by atoms with Crippen molar-refractivity contribution in [3.05, 3.63) is 35.0 Å². The Kier molecular flexibility index (Phi) is 4.16. The first-order valence-corrected chi connectivity index (χ1v) is 9.24. The lowest BCUT2D eigenvalue weighted by atomic mass is 9.89. The number of thiophene rings is 1. The Hall–Kier alpha value is -2.05. The van der Waals surface area contributed by atoms with Crippen LogP contribution in [0.1, 0.15) is 23.8 Å². The lowest BCUT2D eigenvalue weighted by Crippen LogP contribution is -2.15. The van der Waals surface area contributed by atoms with Gasteiger partial charge in [-0.2, -0.15) is 0 Å². The van der Waals surface area contributed by atoms with Gasteiger partial charge < -0.3 is 11.1 Å². The van der Waals surface area contributed by atoms with E-state index in [0.717, 1.165) is 40.8 Å². The highest BCUT2D eigenvalue weighted by molar-refractivity contribution is 7.19. The van der Waals surface area contributed by atoms with E-state index in [1.807, 2.05) is 23.5 Å². The fraction of sp³-hybridized carbons (Fsp3) is 0.389. The maximum absolute atomic E-state index is 5.69. The van der Waals surface area contributed by atoms with E-state index in [-0.39, 0.29) is 0 Å². The van der Waals surface area contributed by atoms with Gasteiger partial charge in [-0.1, -0.05) is 6.92 Å². The SMILES string of the molecule is CC1CCc2c(sc3nc(-c4ccncc4)nc(NCCN)c23)C1. The normalized spacial score (nSPS) is 17.0. The second-order valence-electron chi connectivity index (χ2n) is 6.38. The molecule has 5 nitrogen and oxygen atoms in total. The number of pyridine rings is 1. The molecule has 124 valence electrons. The Morgan fingerprint density at radius 3 is 2.92 bits per heavy atom. The minimum absolute atomic E-state index is 0.583. The molecule has 1 aliphatic carbocycles. The summed E-state index contributed by atoms with van der Waals surface area (Å²) >= 11 is 1.82. The van der Waals surface area contributed by atoms with Crippen LogP contribution in [-0.2, 0) is 12.8 Å². The molecule has 0 saturated carbocycles. The molecule has 3 aromatic rings. The molecule has 0 saturated heterocycles. The fourth-order valence-corrected chi connectivity index (χ4v) is 4.67. The van der Waals surface area contributed by atoms with E-state index in [1.165, 1.54) is 22.2 Å². The molecular formula is C18H21N5S. The van der Waals surface area contributed by atoms with Crippen LogP contribution in [0, 0.1) is 5.92 Å². The van der Waals surface area contributed by atoms with E-state index in [9.17, 15) is 0 Å². The number of aryl methyl sites for hydroxylation is 1. The Balaban J connectivity index is 1.89. The molecule has 24 heavy (non-hydrogen) atoms. The molecule has 0 aliphatic heterocycles. The van der Waals surface area contributed by atoms with Gasteiger partial charge in [0.15, 0.2) is 5.82 Å². The number of hydrogen-bond donors (Lipinski definition) is 2. The topological polar surface area (TPSA) is 76.7 Å². The number of nitrogens with one attached hydrogen (secondary N) is 1. The van der Waals surface area contributed by atoms with Gasteiger partial charge >= 0.3 is 0 Å². The highest BCUT2D eigenvalue weighted by Gasteiger charge is 2.24. The van der Waals surface area contributed by atoms with Crippen molar-refractivity contribution in [3.63, 3.8) is 0 Å². The standard InChI is InChI=1S/C18H21N5S/c1-11-2-3-13-14(10-11)24-18-15(13)17(21-9-6-19)22-16(23-18)12-4-7-20-8-5-12/h4-5,7-8,11H,2-3,6,9-10,19H2,1H3,(H,21,22,23). The molecule has 3 heterocycles. The van der Waals surface area contributed by atoms with Gasteiger partial charge in [0.2, 0.25) is 0 Å². The van der Waals surface area contributed by atoms with E-state index in [2.05, 4.69) is 17.2 Å². The molecule has 6 heteroatoms. The van der Waals surface area contributed by atoms with E-state index >= 15 is 0 Å². The zero-order valence-corrected chi connectivity index (χ0v) is 14.6. The van der Waals surface area contributed by atoms with Crippen LogP contribution in [-0.4, -0.2) is 28.0 Å². The van der Waals surface area contributed by atoms with Crippen molar-refractivity contribution in [3.8, 4) is 11.4 Å². The molecule has 1 atom stereocenters. The van der Waals surface area contributed by atoms with Gasteiger partial charge in [0.05, 0.1) is 5.39 Å². The van der Waals surface area contributed by atoms with E-state index in [4.69, 9.17) is 15.7 Å². The van der Waals surface area contributed by atoms with Crippen molar-refractivity contribution >= 4 is 27.4 Å². The maximum Gasteiger partial charge on any atom is 0.163 e. The van der Waals surface area contributed by atoms with Crippen molar-refractivity contribution < 1.29 is 0 Å². The highest BCUT2D eigenvalue weighted by Crippen LogP contribution is 2.40. The van der Waals surface area contributed by atoms with Gasteiger partial charge in [-0.15, -0.1) is 11.3 Å². The third kappa shape index (κ3) is 2.76. The summed E-state index contributed by atoms with van der Waals surface area (Å²) in [6, 6.07) is 3.90. The van der Waals surface area contributed by atoms with Crippen LogP contribution >= 0.6 is 11.3 Å². The molecule has 1 unspecified atom stereocenters. The van der Waals surface area contributed by atoms with Crippen LogP contribution in [0.4, 0.5) is 5.82 Å². The van der Waals surface area contributed by atoms with Crippen LogP contribution in [0.25, 0.3) is 21.6 Å². The molecule has 1 aliphatic rings. The van der Waals surface area contributed by atoms with Crippen LogP contribution in [0.5, 0.6) is 0 Å². The van der Waals surface area contributed by atoms with Gasteiger partial charge in [0.25, 0.3) is 0 Å². The Morgan fingerprint density at radius 1 is 1.29 bits per heavy atom. The van der Waals surface area contributed by atoms with E-state index in [1.54, 1.807) is 12.4 Å². The third-order valence-electron chi connectivity index (χ3n) is 4.53. The van der Waals surface area contributed by atoms with Gasteiger partial charge in [-0.05, 0) is 42.9 Å². The average molecular weight is 339 g/mol. The maximum atomic E-state index is 5.69. The monoisotopic (exact) mass is 339 g/mol. The zero-order valence-electron chi connectivity index (χ0n) is 13.7. The minimum atomic E-state index is 0.583. The van der Waals surface area contributed by atoms with Gasteiger partial charge in [-0.25, -0.2) is 9.97 Å². The van der Waals surface area contributed by atoms with Crippen molar-refractivity contribution in [2.45, 2.75) is 26.2 Å². The fourth-order valence-electron chi connectivity index (χ4n) is 3.29. The molecule has 3 N–H and O–H groups in total. The first-order chi connectivity index (χ1) is 11.8. The van der Waals surface area contributed by atoms with Crippen LogP contribution in [0.15, 0.2) is 24.5 Å².